The quantitative estimate of drug-likeness (QED) is 0.553. The van der Waals surface area contributed by atoms with E-state index in [0.717, 1.165) is 0 Å². The highest BCUT2D eigenvalue weighted by Crippen LogP contribution is 2.36. The van der Waals surface area contributed by atoms with Gasteiger partial charge in [-0.15, -0.1) is 0 Å². The first-order valence-corrected chi connectivity index (χ1v) is 8.59. The van der Waals surface area contributed by atoms with Gasteiger partial charge in [0.15, 0.2) is 5.82 Å². The molecule has 0 spiro atoms. The zero-order valence-electron chi connectivity index (χ0n) is 15.3. The van der Waals surface area contributed by atoms with Gasteiger partial charge in [0.1, 0.15) is 0 Å². The minimum Gasteiger partial charge on any atom is -0.305 e. The van der Waals surface area contributed by atoms with Crippen LogP contribution < -0.4 is 5.32 Å². The van der Waals surface area contributed by atoms with Gasteiger partial charge in [0, 0.05) is 29.1 Å². The summed E-state index contributed by atoms with van der Waals surface area (Å²) in [6, 6.07) is 4.06. The van der Waals surface area contributed by atoms with Crippen LogP contribution in [0.5, 0.6) is 0 Å². The number of pyridine rings is 1. The summed E-state index contributed by atoms with van der Waals surface area (Å²) in [5, 5.41) is 8.96. The summed E-state index contributed by atoms with van der Waals surface area (Å²) in [5.41, 5.74) is -2.14. The summed E-state index contributed by atoms with van der Waals surface area (Å²) in [5.74, 6) is -1.13. The fourth-order valence-corrected chi connectivity index (χ4v) is 2.84. The summed E-state index contributed by atoms with van der Waals surface area (Å²) in [6.45, 7) is 1.76. The van der Waals surface area contributed by atoms with Crippen molar-refractivity contribution in [3.05, 3.63) is 65.0 Å². The molecule has 0 aliphatic heterocycles. The first kappa shape index (κ1) is 21.3. The van der Waals surface area contributed by atoms with Gasteiger partial charge in [0.25, 0.3) is 5.91 Å². The molecule has 3 rings (SSSR count). The molecule has 0 fully saturated rings. The van der Waals surface area contributed by atoms with Gasteiger partial charge in [-0.2, -0.15) is 31.4 Å². The maximum atomic E-state index is 13.0. The Kier molecular flexibility index (Phi) is 5.55. The van der Waals surface area contributed by atoms with Crippen LogP contribution in [0.3, 0.4) is 0 Å². The Balaban J connectivity index is 1.98. The number of hydrogen-bond donors (Lipinski definition) is 2. The molecule has 2 N–H and O–H groups in total. The van der Waals surface area contributed by atoms with Gasteiger partial charge >= 0.3 is 12.4 Å². The summed E-state index contributed by atoms with van der Waals surface area (Å²) >= 11 is 0. The molecule has 0 unspecified atom stereocenters. The molecule has 0 saturated carbocycles. The third kappa shape index (κ3) is 4.44. The van der Waals surface area contributed by atoms with E-state index in [1.54, 1.807) is 19.1 Å². The number of aromatic nitrogens is 3. The van der Waals surface area contributed by atoms with E-state index in [1.807, 2.05) is 0 Å². The van der Waals surface area contributed by atoms with Crippen LogP contribution in [0.4, 0.5) is 32.2 Å². The van der Waals surface area contributed by atoms with Crippen LogP contribution in [-0.4, -0.2) is 21.1 Å². The van der Waals surface area contributed by atoms with Crippen molar-refractivity contribution in [3.8, 4) is 11.3 Å². The average molecular weight is 428 g/mol. The third-order valence-electron chi connectivity index (χ3n) is 4.27. The second kappa shape index (κ2) is 7.81. The van der Waals surface area contributed by atoms with E-state index in [0.29, 0.717) is 35.4 Å². The lowest BCUT2D eigenvalue weighted by atomic mass is 10.0. The van der Waals surface area contributed by atoms with Crippen molar-refractivity contribution >= 4 is 11.7 Å². The Morgan fingerprint density at radius 2 is 1.57 bits per heavy atom. The highest BCUT2D eigenvalue weighted by molar-refractivity contribution is 6.04. The van der Waals surface area contributed by atoms with Crippen LogP contribution >= 0.6 is 0 Å². The number of aromatic amines is 1. The highest BCUT2D eigenvalue weighted by atomic mass is 19.4. The SMILES string of the molecule is CCc1c(NC(=O)c2cc(C(F)(F)F)cc(C(F)(F)F)c2)n[nH]c1-c1ccncc1. The maximum absolute atomic E-state index is 13.0. The fraction of sp³-hybridized carbons (Fsp3) is 0.211. The maximum Gasteiger partial charge on any atom is 0.416 e. The molecule has 3 aromatic rings. The van der Waals surface area contributed by atoms with Crippen molar-refractivity contribution in [2.45, 2.75) is 25.7 Å². The molecule has 0 aliphatic carbocycles. The molecule has 0 aliphatic rings. The van der Waals surface area contributed by atoms with E-state index < -0.39 is 35.0 Å². The van der Waals surface area contributed by atoms with Gasteiger partial charge in [0.2, 0.25) is 0 Å². The first-order valence-electron chi connectivity index (χ1n) is 8.59. The fourth-order valence-electron chi connectivity index (χ4n) is 2.84. The average Bonchev–Trinajstić information content (AvgIpc) is 3.09. The minimum absolute atomic E-state index is 0.0142. The van der Waals surface area contributed by atoms with Crippen LogP contribution in [0.15, 0.2) is 42.7 Å². The van der Waals surface area contributed by atoms with Gasteiger partial charge in [-0.25, -0.2) is 0 Å². The number of nitrogens with one attached hydrogen (secondary N) is 2. The number of rotatable bonds is 4. The lowest BCUT2D eigenvalue weighted by molar-refractivity contribution is -0.143. The van der Waals surface area contributed by atoms with Gasteiger partial charge in [-0.05, 0) is 36.8 Å². The molecule has 0 bridgehead atoms. The Morgan fingerprint density at radius 1 is 1.00 bits per heavy atom. The predicted octanol–water partition coefficient (Wildman–Crippen LogP) is 5.32. The number of anilines is 1. The topological polar surface area (TPSA) is 70.7 Å². The minimum atomic E-state index is -5.05. The molecule has 0 radical (unpaired) electrons. The van der Waals surface area contributed by atoms with E-state index in [4.69, 9.17) is 0 Å². The van der Waals surface area contributed by atoms with Crippen molar-refractivity contribution < 1.29 is 31.1 Å². The predicted molar refractivity (Wildman–Crippen MR) is 95.6 cm³/mol. The molecule has 158 valence electrons. The molecule has 0 saturated heterocycles. The number of hydrogen-bond acceptors (Lipinski definition) is 3. The Bertz CT molecular complexity index is 1020. The standard InChI is InChI=1S/C19H14F6N4O/c1-2-14-15(10-3-5-26-6-4-10)28-29-16(14)27-17(30)11-7-12(18(20,21)22)9-13(8-11)19(23,24)25/h3-9H,2H2,1H3,(H2,27,28,29,30). The monoisotopic (exact) mass is 428 g/mol. The second-order valence-electron chi connectivity index (χ2n) is 6.26. The third-order valence-corrected chi connectivity index (χ3v) is 4.27. The number of carbonyl (C=O) groups is 1. The van der Waals surface area contributed by atoms with Crippen molar-refractivity contribution in [3.63, 3.8) is 0 Å². The summed E-state index contributed by atoms with van der Waals surface area (Å²) in [4.78, 5) is 16.4. The van der Waals surface area contributed by atoms with E-state index >= 15 is 0 Å². The smallest absolute Gasteiger partial charge is 0.305 e. The van der Waals surface area contributed by atoms with Crippen LogP contribution in [0.25, 0.3) is 11.3 Å². The Hall–Kier alpha value is -3.37. The number of benzene rings is 1. The van der Waals surface area contributed by atoms with Crippen molar-refractivity contribution in [1.29, 1.82) is 0 Å². The van der Waals surface area contributed by atoms with E-state index in [9.17, 15) is 31.1 Å². The molecule has 1 aromatic carbocycles. The molecule has 2 heterocycles. The summed E-state index contributed by atoms with van der Waals surface area (Å²) < 4.78 is 78.1. The van der Waals surface area contributed by atoms with Crippen LogP contribution in [-0.2, 0) is 18.8 Å². The van der Waals surface area contributed by atoms with E-state index in [1.165, 1.54) is 12.4 Å². The number of carbonyl (C=O) groups excluding carboxylic acids is 1. The van der Waals surface area contributed by atoms with Gasteiger partial charge in [-0.3, -0.25) is 14.9 Å². The van der Waals surface area contributed by atoms with Crippen molar-refractivity contribution in [2.24, 2.45) is 0 Å². The molecule has 30 heavy (non-hydrogen) atoms. The number of H-pyrrole nitrogens is 1. The molecule has 5 nitrogen and oxygen atoms in total. The Morgan fingerprint density at radius 3 is 2.07 bits per heavy atom. The van der Waals surface area contributed by atoms with Crippen LogP contribution in [0.2, 0.25) is 0 Å². The van der Waals surface area contributed by atoms with Crippen LogP contribution in [0.1, 0.15) is 34.0 Å². The van der Waals surface area contributed by atoms with E-state index in [-0.39, 0.29) is 11.9 Å². The molecule has 11 heteroatoms. The molecule has 0 atom stereocenters. The summed E-state index contributed by atoms with van der Waals surface area (Å²) in [6.07, 6.45) is -6.64. The number of halogens is 6. The van der Waals surface area contributed by atoms with Gasteiger partial charge < -0.3 is 5.32 Å². The Labute approximate surface area is 166 Å². The highest BCUT2D eigenvalue weighted by Gasteiger charge is 2.37. The van der Waals surface area contributed by atoms with Gasteiger partial charge in [0.05, 0.1) is 16.8 Å². The number of alkyl halides is 6. The summed E-state index contributed by atoms with van der Waals surface area (Å²) in [7, 11) is 0. The van der Waals surface area contributed by atoms with Crippen molar-refractivity contribution in [1.82, 2.24) is 15.2 Å². The van der Waals surface area contributed by atoms with Gasteiger partial charge in [-0.1, -0.05) is 6.92 Å². The lowest BCUT2D eigenvalue weighted by Gasteiger charge is -2.14. The van der Waals surface area contributed by atoms with Crippen molar-refractivity contribution in [2.75, 3.05) is 5.32 Å². The molecular formula is C19H14F6N4O. The lowest BCUT2D eigenvalue weighted by Crippen LogP contribution is -2.18. The largest absolute Gasteiger partial charge is 0.416 e. The number of amides is 1. The zero-order valence-corrected chi connectivity index (χ0v) is 15.3. The second-order valence-corrected chi connectivity index (χ2v) is 6.26. The normalized spacial score (nSPS) is 12.1. The molecular weight excluding hydrogens is 414 g/mol. The first-order chi connectivity index (χ1) is 14.0. The molecule has 2 aromatic heterocycles. The van der Waals surface area contributed by atoms with Crippen LogP contribution in [0, 0.1) is 0 Å². The zero-order chi connectivity index (χ0) is 22.1. The molecule has 1 amide bonds. The number of nitrogens with zero attached hydrogens (tertiary/aromatic N) is 2. The van der Waals surface area contributed by atoms with E-state index in [2.05, 4.69) is 20.5 Å².